The molecule has 220 valence electrons. The maximum atomic E-state index is 14.9. The molecule has 13 heteroatoms. The number of nitrogens with one attached hydrogen (secondary N) is 2. The highest BCUT2D eigenvalue weighted by molar-refractivity contribution is 5.67. The Hall–Kier alpha value is -4.12. The highest BCUT2D eigenvalue weighted by atomic mass is 19.1. The molecule has 2 aromatic heterocycles. The van der Waals surface area contributed by atoms with Crippen molar-refractivity contribution in [3.8, 4) is 29.0 Å². The molecule has 0 amide bonds. The van der Waals surface area contributed by atoms with E-state index in [1.54, 1.807) is 25.3 Å². The van der Waals surface area contributed by atoms with Gasteiger partial charge in [0.05, 0.1) is 38.1 Å². The monoisotopic (exact) mass is 578 g/mol. The van der Waals surface area contributed by atoms with E-state index in [1.807, 2.05) is 6.07 Å². The predicted molar refractivity (Wildman–Crippen MR) is 151 cm³/mol. The second kappa shape index (κ2) is 12.4. The van der Waals surface area contributed by atoms with Crippen LogP contribution in [-0.4, -0.2) is 97.8 Å². The van der Waals surface area contributed by atoms with Gasteiger partial charge in [0.15, 0.2) is 5.82 Å². The number of rotatable bonds is 8. The lowest BCUT2D eigenvalue weighted by Crippen LogP contribution is -2.56. The number of hydrogen-bond acceptors (Lipinski definition) is 11. The van der Waals surface area contributed by atoms with Crippen molar-refractivity contribution in [3.63, 3.8) is 0 Å². The van der Waals surface area contributed by atoms with Gasteiger partial charge in [0, 0.05) is 38.3 Å². The van der Waals surface area contributed by atoms with E-state index >= 15 is 0 Å². The summed E-state index contributed by atoms with van der Waals surface area (Å²) in [5, 5.41) is 15.7. The molecule has 1 unspecified atom stereocenters. The first kappa shape index (κ1) is 28.0. The van der Waals surface area contributed by atoms with Gasteiger partial charge in [-0.2, -0.15) is 10.2 Å². The topological polar surface area (TPSA) is 121 Å². The van der Waals surface area contributed by atoms with Crippen molar-refractivity contribution >= 4 is 17.5 Å². The number of hydrogen-bond donors (Lipinski definition) is 2. The summed E-state index contributed by atoms with van der Waals surface area (Å²) in [5.41, 5.74) is 1.41. The van der Waals surface area contributed by atoms with E-state index in [0.29, 0.717) is 36.3 Å². The number of ether oxygens (including phenoxy) is 3. The minimum absolute atomic E-state index is 0.000830. The van der Waals surface area contributed by atoms with Crippen molar-refractivity contribution in [3.05, 3.63) is 47.9 Å². The first-order valence-electron chi connectivity index (χ1n) is 14.0. The van der Waals surface area contributed by atoms with Crippen LogP contribution < -0.4 is 25.0 Å². The van der Waals surface area contributed by atoms with Gasteiger partial charge in [-0.3, -0.25) is 4.90 Å². The lowest BCUT2D eigenvalue weighted by atomic mass is 10.1. The van der Waals surface area contributed by atoms with Crippen LogP contribution in [0.25, 0.3) is 11.3 Å². The van der Waals surface area contributed by atoms with Crippen LogP contribution in [-0.2, 0) is 4.74 Å². The maximum absolute atomic E-state index is 14.9. The Morgan fingerprint density at radius 1 is 1.14 bits per heavy atom. The van der Waals surface area contributed by atoms with Crippen molar-refractivity contribution in [1.82, 2.24) is 25.2 Å². The normalized spacial score (nSPS) is 21.3. The fraction of sp³-hybridized carbons (Fsp3) is 0.448. The largest absolute Gasteiger partial charge is 0.486 e. The molecule has 42 heavy (non-hydrogen) atoms. The fourth-order valence-corrected chi connectivity index (χ4v) is 5.36. The lowest BCUT2D eigenvalue weighted by Gasteiger charge is -2.43. The SMILES string of the molecule is COc1nc(Nc2ncc(F)c(-c3ccc(O[C@H]4CCNCC4F)c(C#N)c3)n2)ccc1N1CCN(C2COC2)CC1. The summed E-state index contributed by atoms with van der Waals surface area (Å²) in [6.45, 7) is 6.03. The van der Waals surface area contributed by atoms with Gasteiger partial charge in [-0.05, 0) is 43.3 Å². The van der Waals surface area contributed by atoms with Gasteiger partial charge in [-0.25, -0.2) is 18.7 Å². The van der Waals surface area contributed by atoms with Crippen LogP contribution in [0.5, 0.6) is 11.6 Å². The van der Waals surface area contributed by atoms with E-state index in [2.05, 4.69) is 41.5 Å². The van der Waals surface area contributed by atoms with E-state index in [-0.39, 0.29) is 29.5 Å². The Morgan fingerprint density at radius 3 is 2.69 bits per heavy atom. The summed E-state index contributed by atoms with van der Waals surface area (Å²) >= 11 is 0. The van der Waals surface area contributed by atoms with Crippen LogP contribution >= 0.6 is 0 Å². The molecule has 3 aliphatic rings. The maximum Gasteiger partial charge on any atom is 0.239 e. The van der Waals surface area contributed by atoms with Gasteiger partial charge in [-0.15, -0.1) is 0 Å². The molecule has 0 bridgehead atoms. The molecule has 2 atom stereocenters. The molecule has 3 fully saturated rings. The average Bonchev–Trinajstić information content (AvgIpc) is 2.99. The van der Waals surface area contributed by atoms with Gasteiger partial charge in [0.1, 0.15) is 41.3 Å². The van der Waals surface area contributed by atoms with Gasteiger partial charge in [0.25, 0.3) is 0 Å². The number of nitriles is 1. The van der Waals surface area contributed by atoms with Crippen LogP contribution in [0.4, 0.5) is 26.2 Å². The molecule has 0 spiro atoms. The molecule has 11 nitrogen and oxygen atoms in total. The molecular formula is C29H32F2N8O3. The molecule has 5 heterocycles. The number of nitrogens with zero attached hydrogens (tertiary/aromatic N) is 6. The number of anilines is 3. The van der Waals surface area contributed by atoms with E-state index in [9.17, 15) is 14.0 Å². The Morgan fingerprint density at radius 2 is 1.98 bits per heavy atom. The third kappa shape index (κ3) is 5.92. The minimum atomic E-state index is -1.18. The standard InChI is InChI=1S/C29H32F2N8O3/c1-40-28-23(39-10-8-38(9-11-39)20-16-41-17-20)3-5-26(35-28)36-29-34-15-22(31)27(37-29)18-2-4-24(19(12-18)13-32)42-25-6-7-33-14-21(25)30/h2-5,12,15,20-21,25,33H,6-11,14,16-17H2,1H3,(H,34,35,36,37)/t21?,25-/m0/s1. The van der Waals surface area contributed by atoms with Crippen molar-refractivity contribution in [2.24, 2.45) is 0 Å². The zero-order chi connectivity index (χ0) is 29.1. The zero-order valence-corrected chi connectivity index (χ0v) is 23.2. The molecule has 0 radical (unpaired) electrons. The highest BCUT2D eigenvalue weighted by Crippen LogP contribution is 2.32. The Labute approximate surface area is 242 Å². The Balaban J connectivity index is 1.17. The van der Waals surface area contributed by atoms with Crippen molar-refractivity contribution in [1.29, 1.82) is 5.26 Å². The van der Waals surface area contributed by atoms with Gasteiger partial charge in [0.2, 0.25) is 11.8 Å². The minimum Gasteiger partial charge on any atom is -0.486 e. The molecule has 6 rings (SSSR count). The molecule has 2 N–H and O–H groups in total. The van der Waals surface area contributed by atoms with Gasteiger partial charge < -0.3 is 29.7 Å². The van der Waals surface area contributed by atoms with Crippen LogP contribution in [0.1, 0.15) is 12.0 Å². The average molecular weight is 579 g/mol. The highest BCUT2D eigenvalue weighted by Gasteiger charge is 2.30. The third-order valence-corrected chi connectivity index (χ3v) is 7.81. The van der Waals surface area contributed by atoms with Gasteiger partial charge >= 0.3 is 0 Å². The molecule has 3 saturated heterocycles. The number of piperidine rings is 1. The molecule has 3 aromatic rings. The third-order valence-electron chi connectivity index (χ3n) is 7.81. The summed E-state index contributed by atoms with van der Waals surface area (Å²) in [5.74, 6) is 0.606. The number of aromatic nitrogens is 3. The van der Waals surface area contributed by atoms with Gasteiger partial charge in [-0.1, -0.05) is 0 Å². The van der Waals surface area contributed by atoms with Crippen molar-refractivity contribution in [2.45, 2.75) is 24.7 Å². The van der Waals surface area contributed by atoms with E-state index in [0.717, 1.165) is 51.3 Å². The zero-order valence-electron chi connectivity index (χ0n) is 23.2. The lowest BCUT2D eigenvalue weighted by molar-refractivity contribution is -0.0660. The first-order valence-corrected chi connectivity index (χ1v) is 14.0. The van der Waals surface area contributed by atoms with E-state index < -0.39 is 18.1 Å². The van der Waals surface area contributed by atoms with Crippen LogP contribution in [0.2, 0.25) is 0 Å². The van der Waals surface area contributed by atoms with Crippen LogP contribution in [0.3, 0.4) is 0 Å². The summed E-state index contributed by atoms with van der Waals surface area (Å²) in [7, 11) is 1.57. The summed E-state index contributed by atoms with van der Waals surface area (Å²) in [6, 6.07) is 10.9. The van der Waals surface area contributed by atoms with E-state index in [1.165, 1.54) is 6.07 Å². The number of piperazine rings is 1. The second-order valence-corrected chi connectivity index (χ2v) is 10.4. The number of pyridine rings is 1. The summed E-state index contributed by atoms with van der Waals surface area (Å²) in [4.78, 5) is 17.7. The van der Waals surface area contributed by atoms with Crippen LogP contribution in [0.15, 0.2) is 36.5 Å². The second-order valence-electron chi connectivity index (χ2n) is 10.4. The van der Waals surface area contributed by atoms with Crippen molar-refractivity contribution in [2.75, 3.05) is 69.8 Å². The Kier molecular flexibility index (Phi) is 8.27. The number of alkyl halides is 1. The summed E-state index contributed by atoms with van der Waals surface area (Å²) < 4.78 is 45.8. The molecular weight excluding hydrogens is 546 g/mol. The smallest absolute Gasteiger partial charge is 0.239 e. The fourth-order valence-electron chi connectivity index (χ4n) is 5.36. The number of benzene rings is 1. The number of halogens is 2. The molecule has 3 aliphatic heterocycles. The van der Waals surface area contributed by atoms with E-state index in [4.69, 9.17) is 14.2 Å². The molecule has 0 saturated carbocycles. The number of methoxy groups -OCH3 is 1. The Bertz CT molecular complexity index is 1460. The summed E-state index contributed by atoms with van der Waals surface area (Å²) in [6.07, 6.45) is -0.298. The molecule has 1 aromatic carbocycles. The van der Waals surface area contributed by atoms with Crippen LogP contribution in [0, 0.1) is 17.1 Å². The first-order chi connectivity index (χ1) is 20.5. The van der Waals surface area contributed by atoms with Crippen molar-refractivity contribution < 1.29 is 23.0 Å². The quantitative estimate of drug-likeness (QED) is 0.411. The predicted octanol–water partition coefficient (Wildman–Crippen LogP) is 2.90. The molecule has 0 aliphatic carbocycles.